The summed E-state index contributed by atoms with van der Waals surface area (Å²) in [6, 6.07) is 5.61. The molecule has 2 amide bonds. The van der Waals surface area contributed by atoms with Crippen LogP contribution in [0.15, 0.2) is 18.2 Å². The van der Waals surface area contributed by atoms with Gasteiger partial charge in [-0.25, -0.2) is 4.79 Å². The molecule has 1 rings (SSSR count). The van der Waals surface area contributed by atoms with Gasteiger partial charge in [0.05, 0.1) is 5.54 Å². The molecule has 0 saturated heterocycles. The van der Waals surface area contributed by atoms with Crippen molar-refractivity contribution in [2.75, 3.05) is 5.32 Å². The zero-order valence-electron chi connectivity index (χ0n) is 10.7. The topological polar surface area (TPSA) is 41.1 Å². The molecule has 0 aliphatic heterocycles. The third-order valence-electron chi connectivity index (χ3n) is 2.43. The number of carbonyl (C=O) groups is 1. The fraction of sp³-hybridized carbons (Fsp3) is 0.357. The van der Waals surface area contributed by atoms with E-state index in [9.17, 15) is 4.79 Å². The Morgan fingerprint density at radius 1 is 1.35 bits per heavy atom. The molecule has 0 spiro atoms. The molecule has 0 aliphatic carbocycles. The Balaban J connectivity index is 2.76. The fourth-order valence-electron chi connectivity index (χ4n) is 1.34. The lowest BCUT2D eigenvalue weighted by Gasteiger charge is -2.20. The van der Waals surface area contributed by atoms with Crippen LogP contribution in [0.3, 0.4) is 0 Å². The molecule has 0 aromatic heterocycles. The van der Waals surface area contributed by atoms with E-state index in [0.29, 0.717) is 0 Å². The molecular formula is C14H18N2O. The van der Waals surface area contributed by atoms with Crippen molar-refractivity contribution in [2.45, 2.75) is 33.2 Å². The molecule has 1 aromatic carbocycles. The normalized spacial score (nSPS) is 10.5. The van der Waals surface area contributed by atoms with Gasteiger partial charge in [0.1, 0.15) is 0 Å². The lowest BCUT2D eigenvalue weighted by molar-refractivity contribution is 0.247. The zero-order valence-corrected chi connectivity index (χ0v) is 10.7. The van der Waals surface area contributed by atoms with Gasteiger partial charge in [0.25, 0.3) is 0 Å². The second-order valence-corrected chi connectivity index (χ2v) is 4.67. The highest BCUT2D eigenvalue weighted by molar-refractivity contribution is 5.90. The molecule has 0 aliphatic rings. The van der Waals surface area contributed by atoms with Crippen molar-refractivity contribution in [3.05, 3.63) is 29.3 Å². The number of carbonyl (C=O) groups excluding carboxylic acids is 1. The van der Waals surface area contributed by atoms with Crippen LogP contribution >= 0.6 is 0 Å². The largest absolute Gasteiger partial charge is 0.322 e. The summed E-state index contributed by atoms with van der Waals surface area (Å²) in [5.41, 5.74) is 2.27. The Bertz CT molecular complexity index is 470. The van der Waals surface area contributed by atoms with E-state index in [1.807, 2.05) is 32.0 Å². The van der Waals surface area contributed by atoms with Crippen LogP contribution in [0, 0.1) is 26.2 Å². The van der Waals surface area contributed by atoms with Gasteiger partial charge in [-0.1, -0.05) is 18.1 Å². The zero-order chi connectivity index (χ0) is 13.1. The quantitative estimate of drug-likeness (QED) is 0.754. The van der Waals surface area contributed by atoms with Gasteiger partial charge in [0.2, 0.25) is 0 Å². The van der Waals surface area contributed by atoms with Gasteiger partial charge in [-0.05, 0) is 44.9 Å². The van der Waals surface area contributed by atoms with Crippen molar-refractivity contribution in [2.24, 2.45) is 0 Å². The Morgan fingerprint density at radius 2 is 2.00 bits per heavy atom. The molecule has 0 atom stereocenters. The Kier molecular flexibility index (Phi) is 3.80. The monoisotopic (exact) mass is 230 g/mol. The summed E-state index contributed by atoms with van der Waals surface area (Å²) in [5, 5.41) is 5.51. The first-order valence-corrected chi connectivity index (χ1v) is 5.48. The Morgan fingerprint density at radius 3 is 2.59 bits per heavy atom. The van der Waals surface area contributed by atoms with E-state index in [1.165, 1.54) is 0 Å². The van der Waals surface area contributed by atoms with Gasteiger partial charge < -0.3 is 10.6 Å². The number of amides is 2. The third kappa shape index (κ3) is 3.84. The first-order valence-electron chi connectivity index (χ1n) is 5.48. The molecule has 3 nitrogen and oxygen atoms in total. The number of benzene rings is 1. The standard InChI is InChI=1S/C14H18N2O/c1-6-14(4,5)16-13(17)15-12-9-10(2)7-8-11(12)3/h1,7-9H,2-5H3,(H2,15,16,17). The summed E-state index contributed by atoms with van der Waals surface area (Å²) in [6.45, 7) is 7.47. The van der Waals surface area contributed by atoms with E-state index in [2.05, 4.69) is 16.6 Å². The predicted molar refractivity (Wildman–Crippen MR) is 71.0 cm³/mol. The van der Waals surface area contributed by atoms with Crippen LogP contribution in [0.25, 0.3) is 0 Å². The van der Waals surface area contributed by atoms with E-state index in [-0.39, 0.29) is 6.03 Å². The summed E-state index contributed by atoms with van der Waals surface area (Å²) in [6.07, 6.45) is 5.31. The maximum atomic E-state index is 11.7. The number of rotatable bonds is 2. The van der Waals surface area contributed by atoms with Crippen LogP contribution in [0.5, 0.6) is 0 Å². The number of terminal acetylenes is 1. The van der Waals surface area contributed by atoms with Crippen LogP contribution in [-0.4, -0.2) is 11.6 Å². The number of nitrogens with one attached hydrogen (secondary N) is 2. The molecule has 0 saturated carbocycles. The summed E-state index contributed by atoms with van der Waals surface area (Å²) < 4.78 is 0. The van der Waals surface area contributed by atoms with Crippen molar-refractivity contribution in [3.63, 3.8) is 0 Å². The van der Waals surface area contributed by atoms with Gasteiger partial charge in [0, 0.05) is 5.69 Å². The fourth-order valence-corrected chi connectivity index (χ4v) is 1.34. The molecule has 17 heavy (non-hydrogen) atoms. The summed E-state index contributed by atoms with van der Waals surface area (Å²) in [5.74, 6) is 2.51. The van der Waals surface area contributed by atoms with Crippen LogP contribution in [-0.2, 0) is 0 Å². The number of hydrogen-bond acceptors (Lipinski definition) is 1. The second kappa shape index (κ2) is 4.92. The summed E-state index contributed by atoms with van der Waals surface area (Å²) >= 11 is 0. The summed E-state index contributed by atoms with van der Waals surface area (Å²) in [7, 11) is 0. The van der Waals surface area contributed by atoms with Crippen LogP contribution in [0.2, 0.25) is 0 Å². The van der Waals surface area contributed by atoms with Crippen LogP contribution in [0.4, 0.5) is 10.5 Å². The van der Waals surface area contributed by atoms with E-state index in [1.54, 1.807) is 13.8 Å². The Labute approximate surface area is 103 Å². The number of urea groups is 1. The molecule has 1 aromatic rings. The molecule has 0 unspecified atom stereocenters. The highest BCUT2D eigenvalue weighted by Crippen LogP contribution is 2.16. The van der Waals surface area contributed by atoms with Crippen LogP contribution < -0.4 is 10.6 Å². The lowest BCUT2D eigenvalue weighted by Crippen LogP contribution is -2.44. The van der Waals surface area contributed by atoms with E-state index in [0.717, 1.165) is 16.8 Å². The number of anilines is 1. The molecular weight excluding hydrogens is 212 g/mol. The maximum absolute atomic E-state index is 11.7. The third-order valence-corrected chi connectivity index (χ3v) is 2.43. The molecule has 2 N–H and O–H groups in total. The first-order chi connectivity index (χ1) is 7.84. The summed E-state index contributed by atoms with van der Waals surface area (Å²) in [4.78, 5) is 11.7. The van der Waals surface area contributed by atoms with Crippen molar-refractivity contribution < 1.29 is 4.79 Å². The maximum Gasteiger partial charge on any atom is 0.320 e. The van der Waals surface area contributed by atoms with Crippen molar-refractivity contribution in [1.29, 1.82) is 0 Å². The van der Waals surface area contributed by atoms with Gasteiger partial charge in [0.15, 0.2) is 0 Å². The Hall–Kier alpha value is -1.95. The lowest BCUT2D eigenvalue weighted by atomic mass is 10.1. The van der Waals surface area contributed by atoms with E-state index < -0.39 is 5.54 Å². The molecule has 3 heteroatoms. The number of aryl methyl sites for hydroxylation is 2. The van der Waals surface area contributed by atoms with Crippen LogP contribution in [0.1, 0.15) is 25.0 Å². The van der Waals surface area contributed by atoms with Crippen molar-refractivity contribution in [1.82, 2.24) is 5.32 Å². The van der Waals surface area contributed by atoms with Gasteiger partial charge in [-0.3, -0.25) is 0 Å². The highest BCUT2D eigenvalue weighted by atomic mass is 16.2. The molecule has 0 bridgehead atoms. The number of hydrogen-bond donors (Lipinski definition) is 2. The minimum Gasteiger partial charge on any atom is -0.322 e. The average Bonchev–Trinajstić information content (AvgIpc) is 2.23. The smallest absolute Gasteiger partial charge is 0.320 e. The molecule has 0 radical (unpaired) electrons. The SMILES string of the molecule is C#CC(C)(C)NC(=O)Nc1cc(C)ccc1C. The minimum absolute atomic E-state index is 0.290. The predicted octanol–water partition coefficient (Wildman–Crippen LogP) is 2.84. The van der Waals surface area contributed by atoms with E-state index >= 15 is 0 Å². The van der Waals surface area contributed by atoms with E-state index in [4.69, 9.17) is 6.42 Å². The van der Waals surface area contributed by atoms with Gasteiger partial charge >= 0.3 is 6.03 Å². The second-order valence-electron chi connectivity index (χ2n) is 4.67. The average molecular weight is 230 g/mol. The van der Waals surface area contributed by atoms with Gasteiger partial charge in [-0.15, -0.1) is 6.42 Å². The van der Waals surface area contributed by atoms with Crippen molar-refractivity contribution in [3.8, 4) is 12.3 Å². The molecule has 0 heterocycles. The molecule has 0 fully saturated rings. The van der Waals surface area contributed by atoms with Gasteiger partial charge in [-0.2, -0.15) is 0 Å². The minimum atomic E-state index is -0.651. The highest BCUT2D eigenvalue weighted by Gasteiger charge is 2.17. The first kappa shape index (κ1) is 13.1. The van der Waals surface area contributed by atoms with Crippen molar-refractivity contribution >= 4 is 11.7 Å². The molecule has 90 valence electrons.